The van der Waals surface area contributed by atoms with Crippen molar-refractivity contribution in [1.29, 1.82) is 0 Å². The van der Waals surface area contributed by atoms with Gasteiger partial charge in [-0.3, -0.25) is 4.79 Å². The van der Waals surface area contributed by atoms with Crippen LogP contribution in [0.5, 0.6) is 0 Å². The van der Waals surface area contributed by atoms with Crippen molar-refractivity contribution in [1.82, 2.24) is 16.0 Å². The fourth-order valence-corrected chi connectivity index (χ4v) is 2.20. The number of hydrogen-bond donors (Lipinski definition) is 4. The number of nitrogens with one attached hydrogen (secondary N) is 3. The Morgan fingerprint density at radius 2 is 1.90 bits per heavy atom. The molecule has 1 fully saturated rings. The molecule has 6 heteroatoms. The Bertz CT molecular complexity index is 312. The van der Waals surface area contributed by atoms with Crippen LogP contribution < -0.4 is 16.0 Å². The van der Waals surface area contributed by atoms with Gasteiger partial charge in [-0.1, -0.05) is 6.92 Å². The van der Waals surface area contributed by atoms with E-state index in [-0.39, 0.29) is 18.6 Å². The average Bonchev–Trinajstić information content (AvgIpc) is 2.45. The molecular weight excluding hydrogens is 256 g/mol. The molecule has 0 saturated heterocycles. The zero-order valence-electron chi connectivity index (χ0n) is 12.6. The highest BCUT2D eigenvalue weighted by atomic mass is 16.3. The molecule has 1 rings (SSSR count). The maximum absolute atomic E-state index is 11.5. The summed E-state index contributed by atoms with van der Waals surface area (Å²) in [7, 11) is 0. The summed E-state index contributed by atoms with van der Waals surface area (Å²) in [5, 5.41) is 18.8. The Kier molecular flexibility index (Phi) is 8.02. The van der Waals surface area contributed by atoms with Crippen molar-refractivity contribution >= 4 is 11.9 Å². The molecule has 4 N–H and O–H groups in total. The van der Waals surface area contributed by atoms with Crippen LogP contribution in [0.1, 0.15) is 46.0 Å². The zero-order valence-corrected chi connectivity index (χ0v) is 12.6. The molecular formula is C14H28N4O2. The first-order valence-corrected chi connectivity index (χ1v) is 7.65. The van der Waals surface area contributed by atoms with Crippen LogP contribution in [0.2, 0.25) is 0 Å². The third-order valence-electron chi connectivity index (χ3n) is 3.33. The van der Waals surface area contributed by atoms with Crippen LogP contribution in [-0.4, -0.2) is 48.8 Å². The molecule has 20 heavy (non-hydrogen) atoms. The highest BCUT2D eigenvalue weighted by molar-refractivity contribution is 5.85. The van der Waals surface area contributed by atoms with Crippen molar-refractivity contribution in [3.8, 4) is 0 Å². The normalized spacial score (nSPS) is 23.2. The number of guanidine groups is 1. The largest absolute Gasteiger partial charge is 0.393 e. The average molecular weight is 284 g/mol. The van der Waals surface area contributed by atoms with Gasteiger partial charge in [-0.2, -0.15) is 0 Å². The lowest BCUT2D eigenvalue weighted by Gasteiger charge is -2.27. The number of aliphatic imine (C=N–C) groups is 1. The number of rotatable bonds is 6. The van der Waals surface area contributed by atoms with Crippen molar-refractivity contribution < 1.29 is 9.90 Å². The summed E-state index contributed by atoms with van der Waals surface area (Å²) in [6.07, 6.45) is 4.30. The van der Waals surface area contributed by atoms with E-state index in [0.717, 1.165) is 38.6 Å². The van der Waals surface area contributed by atoms with Gasteiger partial charge in [0.15, 0.2) is 5.96 Å². The molecule has 0 bridgehead atoms. The van der Waals surface area contributed by atoms with E-state index in [1.807, 2.05) is 13.8 Å². The summed E-state index contributed by atoms with van der Waals surface area (Å²) in [6.45, 7) is 5.62. The van der Waals surface area contributed by atoms with Crippen LogP contribution in [0.4, 0.5) is 0 Å². The lowest BCUT2D eigenvalue weighted by atomic mass is 9.93. The maximum Gasteiger partial charge on any atom is 0.241 e. The smallest absolute Gasteiger partial charge is 0.241 e. The van der Waals surface area contributed by atoms with Crippen molar-refractivity contribution in [2.75, 3.05) is 19.6 Å². The summed E-state index contributed by atoms with van der Waals surface area (Å²) >= 11 is 0. The quantitative estimate of drug-likeness (QED) is 0.419. The van der Waals surface area contributed by atoms with Crippen LogP contribution in [0.15, 0.2) is 4.99 Å². The highest BCUT2D eigenvalue weighted by Crippen LogP contribution is 2.18. The van der Waals surface area contributed by atoms with Crippen LogP contribution in [0, 0.1) is 0 Å². The van der Waals surface area contributed by atoms with Crippen molar-refractivity contribution in [3.63, 3.8) is 0 Å². The monoisotopic (exact) mass is 284 g/mol. The zero-order chi connectivity index (χ0) is 14.8. The van der Waals surface area contributed by atoms with Crippen LogP contribution >= 0.6 is 0 Å². The summed E-state index contributed by atoms with van der Waals surface area (Å²) in [5.74, 6) is 0.628. The third kappa shape index (κ3) is 6.75. The topological polar surface area (TPSA) is 85.8 Å². The van der Waals surface area contributed by atoms with Crippen molar-refractivity contribution in [2.45, 2.75) is 58.1 Å². The number of carbonyl (C=O) groups is 1. The Balaban J connectivity index is 2.40. The summed E-state index contributed by atoms with van der Waals surface area (Å²) < 4.78 is 0. The van der Waals surface area contributed by atoms with Crippen LogP contribution in [0.25, 0.3) is 0 Å². The van der Waals surface area contributed by atoms with E-state index in [0.29, 0.717) is 18.5 Å². The molecule has 0 atom stereocenters. The van der Waals surface area contributed by atoms with E-state index in [9.17, 15) is 9.90 Å². The van der Waals surface area contributed by atoms with Gasteiger partial charge in [-0.25, -0.2) is 4.99 Å². The number of amides is 1. The Hall–Kier alpha value is -1.30. The number of hydrogen-bond acceptors (Lipinski definition) is 3. The second-order valence-corrected chi connectivity index (χ2v) is 5.19. The van der Waals surface area contributed by atoms with Gasteiger partial charge in [0.25, 0.3) is 0 Å². The lowest BCUT2D eigenvalue weighted by Crippen LogP contribution is -2.45. The molecule has 0 unspecified atom stereocenters. The van der Waals surface area contributed by atoms with Gasteiger partial charge in [0.05, 0.1) is 6.10 Å². The van der Waals surface area contributed by atoms with Gasteiger partial charge in [-0.15, -0.1) is 0 Å². The number of aliphatic hydroxyl groups is 1. The Labute approximate surface area is 121 Å². The molecule has 1 aliphatic rings. The molecule has 116 valence electrons. The number of carbonyl (C=O) groups excluding carboxylic acids is 1. The van der Waals surface area contributed by atoms with Crippen molar-refractivity contribution in [3.05, 3.63) is 0 Å². The first kappa shape index (κ1) is 16.8. The number of aliphatic hydroxyl groups excluding tert-OH is 1. The van der Waals surface area contributed by atoms with Gasteiger partial charge in [0, 0.05) is 19.1 Å². The van der Waals surface area contributed by atoms with Gasteiger partial charge >= 0.3 is 0 Å². The summed E-state index contributed by atoms with van der Waals surface area (Å²) in [5.41, 5.74) is 0. The lowest BCUT2D eigenvalue weighted by molar-refractivity contribution is -0.119. The molecule has 0 aromatic heterocycles. The summed E-state index contributed by atoms with van der Waals surface area (Å²) in [6, 6.07) is 0.329. The molecule has 0 aliphatic heterocycles. The summed E-state index contributed by atoms with van der Waals surface area (Å²) in [4.78, 5) is 15.8. The van der Waals surface area contributed by atoms with E-state index >= 15 is 0 Å². The molecule has 6 nitrogen and oxygen atoms in total. The molecule has 0 heterocycles. The molecule has 1 amide bonds. The fraction of sp³-hybridized carbons (Fsp3) is 0.857. The first-order chi connectivity index (χ1) is 9.65. The predicted octanol–water partition coefficient (Wildman–Crippen LogP) is 0.371. The van der Waals surface area contributed by atoms with Crippen molar-refractivity contribution in [2.24, 2.45) is 4.99 Å². The second kappa shape index (κ2) is 9.58. The van der Waals surface area contributed by atoms with E-state index < -0.39 is 0 Å². The van der Waals surface area contributed by atoms with Crippen LogP contribution in [-0.2, 0) is 4.79 Å². The van der Waals surface area contributed by atoms with Crippen LogP contribution in [0.3, 0.4) is 0 Å². The third-order valence-corrected chi connectivity index (χ3v) is 3.33. The van der Waals surface area contributed by atoms with Gasteiger partial charge in [-0.05, 0) is 39.0 Å². The minimum atomic E-state index is -0.160. The predicted molar refractivity (Wildman–Crippen MR) is 80.7 cm³/mol. The van der Waals surface area contributed by atoms with E-state index in [2.05, 4.69) is 20.9 Å². The maximum atomic E-state index is 11.5. The number of nitrogens with zero attached hydrogens (tertiary/aromatic N) is 1. The molecule has 1 saturated carbocycles. The molecule has 0 radical (unpaired) electrons. The second-order valence-electron chi connectivity index (χ2n) is 5.19. The highest BCUT2D eigenvalue weighted by Gasteiger charge is 2.19. The van der Waals surface area contributed by atoms with E-state index in [4.69, 9.17) is 0 Å². The minimum Gasteiger partial charge on any atom is -0.393 e. The Morgan fingerprint density at radius 3 is 2.50 bits per heavy atom. The minimum absolute atomic E-state index is 0.0527. The molecule has 0 aromatic carbocycles. The van der Waals surface area contributed by atoms with Gasteiger partial charge in [0.1, 0.15) is 6.54 Å². The van der Waals surface area contributed by atoms with Gasteiger partial charge < -0.3 is 21.1 Å². The fourth-order valence-electron chi connectivity index (χ4n) is 2.20. The Morgan fingerprint density at radius 1 is 1.20 bits per heavy atom. The molecule has 1 aliphatic carbocycles. The molecule has 0 aromatic rings. The standard InChI is InChI=1S/C14H28N4O2/c1-3-9-16-13(20)10-17-14(15-4-2)18-11-5-7-12(19)8-6-11/h11-12,19H,3-10H2,1-2H3,(H,16,20)(H2,15,17,18). The SMILES string of the molecule is CCCNC(=O)CN=C(NCC)NC1CCC(O)CC1. The molecule has 0 spiro atoms. The van der Waals surface area contributed by atoms with E-state index in [1.54, 1.807) is 0 Å². The van der Waals surface area contributed by atoms with E-state index in [1.165, 1.54) is 0 Å². The van der Waals surface area contributed by atoms with Gasteiger partial charge in [0.2, 0.25) is 5.91 Å². The first-order valence-electron chi connectivity index (χ1n) is 7.65.